The van der Waals surface area contributed by atoms with Crippen molar-refractivity contribution in [1.82, 2.24) is 0 Å². The van der Waals surface area contributed by atoms with Gasteiger partial charge in [0.25, 0.3) is 0 Å². The number of azo groups is 1. The summed E-state index contributed by atoms with van der Waals surface area (Å²) in [6.07, 6.45) is 4.51. The molecule has 0 spiro atoms. The third-order valence-corrected chi connectivity index (χ3v) is 3.97. The Morgan fingerprint density at radius 3 is 2.30 bits per heavy atom. The Labute approximate surface area is 124 Å². The summed E-state index contributed by atoms with van der Waals surface area (Å²) < 4.78 is 0. The molecular formula is C16H17N3S. The van der Waals surface area contributed by atoms with Crippen LogP contribution < -0.4 is 5.73 Å². The van der Waals surface area contributed by atoms with Crippen molar-refractivity contribution in [1.29, 1.82) is 0 Å². The van der Waals surface area contributed by atoms with Crippen molar-refractivity contribution < 1.29 is 0 Å². The van der Waals surface area contributed by atoms with Gasteiger partial charge in [0.15, 0.2) is 0 Å². The van der Waals surface area contributed by atoms with Crippen LogP contribution in [0.15, 0.2) is 51.5 Å². The van der Waals surface area contributed by atoms with Crippen LogP contribution >= 0.6 is 12.6 Å². The second-order valence-electron chi connectivity index (χ2n) is 5.05. The minimum absolute atomic E-state index is 0.837. The zero-order chi connectivity index (χ0) is 13.9. The molecule has 3 nitrogen and oxygen atoms in total. The number of anilines is 1. The average molecular weight is 283 g/mol. The molecule has 0 aliphatic heterocycles. The number of thiol groups is 1. The van der Waals surface area contributed by atoms with Crippen LogP contribution in [0.3, 0.4) is 0 Å². The van der Waals surface area contributed by atoms with Crippen LogP contribution in [0.4, 0.5) is 17.1 Å². The smallest absolute Gasteiger partial charge is 0.0893 e. The Balaban J connectivity index is 1.93. The van der Waals surface area contributed by atoms with E-state index in [4.69, 9.17) is 5.73 Å². The minimum atomic E-state index is 0.837. The van der Waals surface area contributed by atoms with Gasteiger partial charge >= 0.3 is 0 Å². The molecule has 102 valence electrons. The van der Waals surface area contributed by atoms with Crippen LogP contribution in [0.25, 0.3) is 0 Å². The van der Waals surface area contributed by atoms with Gasteiger partial charge in [0.2, 0.25) is 0 Å². The highest BCUT2D eigenvalue weighted by Crippen LogP contribution is 2.34. The minimum Gasteiger partial charge on any atom is -0.398 e. The molecule has 1 aliphatic carbocycles. The first-order valence-electron chi connectivity index (χ1n) is 6.85. The molecule has 0 radical (unpaired) electrons. The van der Waals surface area contributed by atoms with Crippen molar-refractivity contribution in [2.24, 2.45) is 10.2 Å². The molecule has 2 aromatic rings. The lowest BCUT2D eigenvalue weighted by Crippen LogP contribution is -2.06. The molecule has 2 N–H and O–H groups in total. The fraction of sp³-hybridized carbons (Fsp3) is 0.250. The average Bonchev–Trinajstić information content (AvgIpc) is 2.49. The Hall–Kier alpha value is -1.81. The van der Waals surface area contributed by atoms with Crippen LogP contribution in [0.5, 0.6) is 0 Å². The maximum Gasteiger partial charge on any atom is 0.0893 e. The molecule has 1 aliphatic rings. The van der Waals surface area contributed by atoms with Crippen LogP contribution in [0.2, 0.25) is 0 Å². The van der Waals surface area contributed by atoms with Gasteiger partial charge in [-0.1, -0.05) is 0 Å². The Morgan fingerprint density at radius 2 is 1.55 bits per heavy atom. The van der Waals surface area contributed by atoms with Crippen molar-refractivity contribution in [2.75, 3.05) is 5.73 Å². The van der Waals surface area contributed by atoms with Crippen LogP contribution in [-0.4, -0.2) is 0 Å². The van der Waals surface area contributed by atoms with Gasteiger partial charge in [0.05, 0.1) is 11.4 Å². The fourth-order valence-corrected chi connectivity index (χ4v) is 2.75. The SMILES string of the molecule is Nc1ccc(N=Nc2ccc(S)cc2)c2c1CCCC2. The summed E-state index contributed by atoms with van der Waals surface area (Å²) in [6, 6.07) is 11.6. The predicted molar refractivity (Wildman–Crippen MR) is 85.4 cm³/mol. The topological polar surface area (TPSA) is 50.7 Å². The summed E-state index contributed by atoms with van der Waals surface area (Å²) in [5.74, 6) is 0. The first kappa shape index (κ1) is 13.2. The molecule has 0 fully saturated rings. The van der Waals surface area contributed by atoms with Gasteiger partial charge in [0, 0.05) is 10.6 Å². The predicted octanol–water partition coefficient (Wildman–Crippen LogP) is 4.85. The molecule has 2 aromatic carbocycles. The largest absolute Gasteiger partial charge is 0.398 e. The zero-order valence-corrected chi connectivity index (χ0v) is 12.1. The first-order chi connectivity index (χ1) is 9.74. The van der Waals surface area contributed by atoms with Crippen LogP contribution in [0.1, 0.15) is 24.0 Å². The summed E-state index contributed by atoms with van der Waals surface area (Å²) in [6.45, 7) is 0. The summed E-state index contributed by atoms with van der Waals surface area (Å²) in [5.41, 5.74) is 11.3. The molecule has 0 amide bonds. The highest BCUT2D eigenvalue weighted by molar-refractivity contribution is 7.80. The molecule has 0 saturated heterocycles. The van der Waals surface area contributed by atoms with E-state index < -0.39 is 0 Å². The van der Waals surface area contributed by atoms with Gasteiger partial charge in [0.1, 0.15) is 0 Å². The lowest BCUT2D eigenvalue weighted by atomic mass is 9.89. The summed E-state index contributed by atoms with van der Waals surface area (Å²) in [4.78, 5) is 0.925. The fourth-order valence-electron chi connectivity index (χ4n) is 2.60. The lowest BCUT2D eigenvalue weighted by Gasteiger charge is -2.18. The number of benzene rings is 2. The third kappa shape index (κ3) is 2.70. The van der Waals surface area contributed by atoms with E-state index in [1.54, 1.807) is 0 Å². The molecule has 3 rings (SSSR count). The van der Waals surface area contributed by atoms with E-state index in [0.717, 1.165) is 34.8 Å². The third-order valence-electron chi connectivity index (χ3n) is 3.67. The molecule has 0 aromatic heterocycles. The standard InChI is InChI=1S/C16H17N3S/c17-15-9-10-16(14-4-2-1-3-13(14)15)19-18-11-5-7-12(20)8-6-11/h5-10,20H,1-4,17H2. The van der Waals surface area contributed by atoms with Gasteiger partial charge in [-0.15, -0.1) is 12.6 Å². The maximum absolute atomic E-state index is 6.05. The van der Waals surface area contributed by atoms with Gasteiger partial charge in [-0.25, -0.2) is 0 Å². The molecule has 0 bridgehead atoms. The number of nitrogens with two attached hydrogens (primary N) is 1. The van der Waals surface area contributed by atoms with Crippen LogP contribution in [0, 0.1) is 0 Å². The summed E-state index contributed by atoms with van der Waals surface area (Å²) in [5, 5.41) is 8.71. The molecule has 20 heavy (non-hydrogen) atoms. The van der Waals surface area contributed by atoms with E-state index in [2.05, 4.69) is 22.9 Å². The van der Waals surface area contributed by atoms with Gasteiger partial charge in [-0.3, -0.25) is 0 Å². The second-order valence-corrected chi connectivity index (χ2v) is 5.57. The number of hydrogen-bond donors (Lipinski definition) is 2. The lowest BCUT2D eigenvalue weighted by molar-refractivity contribution is 0.687. The van der Waals surface area contributed by atoms with Crippen molar-refractivity contribution in [3.63, 3.8) is 0 Å². The van der Waals surface area contributed by atoms with E-state index in [1.165, 1.54) is 24.0 Å². The van der Waals surface area contributed by atoms with E-state index >= 15 is 0 Å². The van der Waals surface area contributed by atoms with Crippen molar-refractivity contribution in [3.8, 4) is 0 Å². The number of hydrogen-bond acceptors (Lipinski definition) is 4. The summed E-state index contributed by atoms with van der Waals surface area (Å²) >= 11 is 4.26. The number of fused-ring (bicyclic) bond motifs is 1. The monoisotopic (exact) mass is 283 g/mol. The molecule has 0 atom stereocenters. The normalized spacial score (nSPS) is 14.4. The van der Waals surface area contributed by atoms with Crippen molar-refractivity contribution >= 4 is 29.7 Å². The second kappa shape index (κ2) is 5.67. The van der Waals surface area contributed by atoms with Crippen molar-refractivity contribution in [2.45, 2.75) is 30.6 Å². The summed E-state index contributed by atoms with van der Waals surface area (Å²) in [7, 11) is 0. The molecule has 0 saturated carbocycles. The van der Waals surface area contributed by atoms with Gasteiger partial charge < -0.3 is 5.73 Å². The number of rotatable bonds is 2. The van der Waals surface area contributed by atoms with E-state index in [-0.39, 0.29) is 0 Å². The Bertz CT molecular complexity index is 648. The van der Waals surface area contributed by atoms with Crippen molar-refractivity contribution in [3.05, 3.63) is 47.5 Å². The number of nitrogen functional groups attached to an aromatic ring is 1. The van der Waals surface area contributed by atoms with E-state index in [1.807, 2.05) is 36.4 Å². The highest BCUT2D eigenvalue weighted by atomic mass is 32.1. The van der Waals surface area contributed by atoms with Gasteiger partial charge in [-0.05, 0) is 73.2 Å². The Morgan fingerprint density at radius 1 is 0.850 bits per heavy atom. The highest BCUT2D eigenvalue weighted by Gasteiger charge is 2.15. The molecular weight excluding hydrogens is 266 g/mol. The Kier molecular flexibility index (Phi) is 3.74. The zero-order valence-electron chi connectivity index (χ0n) is 11.2. The first-order valence-corrected chi connectivity index (χ1v) is 7.30. The van der Waals surface area contributed by atoms with Gasteiger partial charge in [-0.2, -0.15) is 10.2 Å². The van der Waals surface area contributed by atoms with Crippen LogP contribution in [-0.2, 0) is 12.8 Å². The van der Waals surface area contributed by atoms with E-state index in [9.17, 15) is 0 Å². The molecule has 0 unspecified atom stereocenters. The van der Waals surface area contributed by atoms with E-state index in [0.29, 0.717) is 0 Å². The maximum atomic E-state index is 6.05. The molecule has 4 heteroatoms. The molecule has 0 heterocycles. The number of nitrogens with zero attached hydrogens (tertiary/aromatic N) is 2. The quantitative estimate of drug-likeness (QED) is 0.462.